The van der Waals surface area contributed by atoms with Crippen LogP contribution in [0.1, 0.15) is 39.5 Å². The standard InChI is InChI=1S/C13H27N3/c1-3-13(14)11(2)16-9-5-8-15-7-4-6-12(15)10-16/h11-13H,3-10,14H2,1-2H3. The Balaban J connectivity index is 1.94. The van der Waals surface area contributed by atoms with Crippen LogP contribution in [0.25, 0.3) is 0 Å². The predicted molar refractivity (Wildman–Crippen MR) is 68.5 cm³/mol. The van der Waals surface area contributed by atoms with Crippen molar-refractivity contribution in [3.05, 3.63) is 0 Å². The molecule has 0 aromatic rings. The summed E-state index contributed by atoms with van der Waals surface area (Å²) in [4.78, 5) is 5.31. The van der Waals surface area contributed by atoms with E-state index in [1.54, 1.807) is 0 Å². The van der Waals surface area contributed by atoms with Gasteiger partial charge < -0.3 is 5.73 Å². The molecule has 2 aliphatic rings. The average molecular weight is 225 g/mol. The van der Waals surface area contributed by atoms with E-state index in [2.05, 4.69) is 23.6 Å². The lowest BCUT2D eigenvalue weighted by Gasteiger charge is -2.33. The molecule has 94 valence electrons. The van der Waals surface area contributed by atoms with Crippen LogP contribution < -0.4 is 5.73 Å². The monoisotopic (exact) mass is 225 g/mol. The Morgan fingerprint density at radius 2 is 2.00 bits per heavy atom. The van der Waals surface area contributed by atoms with Crippen LogP contribution in [-0.4, -0.2) is 54.1 Å². The molecule has 0 aromatic heterocycles. The molecule has 2 N–H and O–H groups in total. The van der Waals surface area contributed by atoms with Gasteiger partial charge in [0.25, 0.3) is 0 Å². The Kier molecular flexibility index (Phi) is 4.22. The predicted octanol–water partition coefficient (Wildman–Crippen LogP) is 1.28. The second-order valence-electron chi connectivity index (χ2n) is 5.49. The first-order valence-electron chi connectivity index (χ1n) is 6.96. The zero-order chi connectivity index (χ0) is 11.5. The Morgan fingerprint density at radius 1 is 1.25 bits per heavy atom. The van der Waals surface area contributed by atoms with Crippen LogP contribution in [0.2, 0.25) is 0 Å². The van der Waals surface area contributed by atoms with Gasteiger partial charge in [0, 0.05) is 24.7 Å². The molecule has 0 saturated carbocycles. The highest BCUT2D eigenvalue weighted by Crippen LogP contribution is 2.22. The van der Waals surface area contributed by atoms with Crippen LogP contribution >= 0.6 is 0 Å². The Morgan fingerprint density at radius 3 is 2.75 bits per heavy atom. The minimum atomic E-state index is 0.341. The highest BCUT2D eigenvalue weighted by atomic mass is 15.3. The van der Waals surface area contributed by atoms with Gasteiger partial charge in [-0.2, -0.15) is 0 Å². The molecule has 0 radical (unpaired) electrons. The van der Waals surface area contributed by atoms with E-state index in [0.29, 0.717) is 12.1 Å². The maximum Gasteiger partial charge on any atom is 0.0223 e. The van der Waals surface area contributed by atoms with Crippen molar-refractivity contribution in [2.45, 2.75) is 57.7 Å². The molecule has 16 heavy (non-hydrogen) atoms. The van der Waals surface area contributed by atoms with E-state index in [9.17, 15) is 0 Å². The third-order valence-corrected chi connectivity index (χ3v) is 4.50. The molecule has 3 nitrogen and oxygen atoms in total. The van der Waals surface area contributed by atoms with Crippen molar-refractivity contribution in [2.24, 2.45) is 5.73 Å². The fraction of sp³-hybridized carbons (Fsp3) is 1.00. The summed E-state index contributed by atoms with van der Waals surface area (Å²) in [6.07, 6.45) is 5.20. The summed E-state index contributed by atoms with van der Waals surface area (Å²) >= 11 is 0. The van der Waals surface area contributed by atoms with Gasteiger partial charge in [0.2, 0.25) is 0 Å². The molecule has 3 unspecified atom stereocenters. The van der Waals surface area contributed by atoms with E-state index in [4.69, 9.17) is 5.73 Å². The summed E-state index contributed by atoms with van der Waals surface area (Å²) in [5.74, 6) is 0. The third-order valence-electron chi connectivity index (χ3n) is 4.50. The van der Waals surface area contributed by atoms with E-state index < -0.39 is 0 Å². The third kappa shape index (κ3) is 2.58. The zero-order valence-corrected chi connectivity index (χ0v) is 10.9. The lowest BCUT2D eigenvalue weighted by molar-refractivity contribution is 0.162. The first-order valence-corrected chi connectivity index (χ1v) is 6.96. The van der Waals surface area contributed by atoms with Crippen molar-refractivity contribution in [2.75, 3.05) is 26.2 Å². The van der Waals surface area contributed by atoms with Crippen molar-refractivity contribution in [1.82, 2.24) is 9.80 Å². The second kappa shape index (κ2) is 5.48. The lowest BCUT2D eigenvalue weighted by atomic mass is 10.1. The zero-order valence-electron chi connectivity index (χ0n) is 10.9. The SMILES string of the molecule is CCC(N)C(C)N1CCCN2CCCC2C1. The number of nitrogens with zero attached hydrogens (tertiary/aromatic N) is 2. The number of fused-ring (bicyclic) bond motifs is 1. The molecule has 0 aliphatic carbocycles. The van der Waals surface area contributed by atoms with Crippen molar-refractivity contribution in [3.63, 3.8) is 0 Å². The second-order valence-corrected chi connectivity index (χ2v) is 5.49. The van der Waals surface area contributed by atoms with Gasteiger partial charge in [-0.3, -0.25) is 9.80 Å². The topological polar surface area (TPSA) is 32.5 Å². The average Bonchev–Trinajstić information content (AvgIpc) is 2.64. The van der Waals surface area contributed by atoms with Crippen LogP contribution in [0.5, 0.6) is 0 Å². The minimum absolute atomic E-state index is 0.341. The van der Waals surface area contributed by atoms with Gasteiger partial charge in [-0.05, 0) is 52.2 Å². The maximum atomic E-state index is 6.18. The van der Waals surface area contributed by atoms with Gasteiger partial charge >= 0.3 is 0 Å². The normalized spacial score (nSPS) is 32.1. The molecule has 3 heteroatoms. The first kappa shape index (κ1) is 12.3. The van der Waals surface area contributed by atoms with Crippen molar-refractivity contribution >= 4 is 0 Å². The smallest absolute Gasteiger partial charge is 0.0223 e. The van der Waals surface area contributed by atoms with Gasteiger partial charge in [0.05, 0.1) is 0 Å². The Hall–Kier alpha value is -0.120. The Labute approximate surface area is 100.0 Å². The van der Waals surface area contributed by atoms with Gasteiger partial charge in [-0.15, -0.1) is 0 Å². The molecule has 0 aromatic carbocycles. The van der Waals surface area contributed by atoms with Gasteiger partial charge in [0.15, 0.2) is 0 Å². The van der Waals surface area contributed by atoms with Crippen LogP contribution in [-0.2, 0) is 0 Å². The molecule has 2 aliphatic heterocycles. The van der Waals surface area contributed by atoms with Crippen molar-refractivity contribution < 1.29 is 0 Å². The lowest BCUT2D eigenvalue weighted by Crippen LogP contribution is -2.48. The van der Waals surface area contributed by atoms with Crippen molar-refractivity contribution in [1.29, 1.82) is 0 Å². The summed E-state index contributed by atoms with van der Waals surface area (Å²) in [5, 5.41) is 0. The van der Waals surface area contributed by atoms with Gasteiger partial charge in [-0.25, -0.2) is 0 Å². The fourth-order valence-corrected chi connectivity index (χ4v) is 3.22. The molecule has 2 saturated heterocycles. The molecule has 3 atom stereocenters. The Bertz CT molecular complexity index is 219. The molecule has 0 amide bonds. The van der Waals surface area contributed by atoms with E-state index in [1.807, 2.05) is 0 Å². The van der Waals surface area contributed by atoms with Crippen molar-refractivity contribution in [3.8, 4) is 0 Å². The van der Waals surface area contributed by atoms with E-state index >= 15 is 0 Å². The van der Waals surface area contributed by atoms with E-state index in [-0.39, 0.29) is 0 Å². The molecule has 0 spiro atoms. The molecule has 2 rings (SSSR count). The summed E-state index contributed by atoms with van der Waals surface area (Å²) in [6.45, 7) is 9.61. The number of hydrogen-bond acceptors (Lipinski definition) is 3. The summed E-state index contributed by atoms with van der Waals surface area (Å²) in [7, 11) is 0. The van der Waals surface area contributed by atoms with E-state index in [1.165, 1.54) is 45.4 Å². The largest absolute Gasteiger partial charge is 0.326 e. The van der Waals surface area contributed by atoms with Crippen LogP contribution in [0.3, 0.4) is 0 Å². The molecule has 0 bridgehead atoms. The molecular formula is C13H27N3. The molecule has 2 heterocycles. The number of rotatable bonds is 3. The van der Waals surface area contributed by atoms with Crippen LogP contribution in [0.15, 0.2) is 0 Å². The molecule has 2 fully saturated rings. The fourth-order valence-electron chi connectivity index (χ4n) is 3.22. The highest BCUT2D eigenvalue weighted by Gasteiger charge is 2.31. The first-order chi connectivity index (χ1) is 7.72. The maximum absolute atomic E-state index is 6.18. The van der Waals surface area contributed by atoms with Gasteiger partial charge in [0.1, 0.15) is 0 Å². The van der Waals surface area contributed by atoms with Crippen LogP contribution in [0, 0.1) is 0 Å². The number of nitrogens with two attached hydrogens (primary N) is 1. The highest BCUT2D eigenvalue weighted by molar-refractivity contribution is 4.88. The quantitative estimate of drug-likeness (QED) is 0.785. The van der Waals surface area contributed by atoms with Crippen LogP contribution in [0.4, 0.5) is 0 Å². The summed E-state index contributed by atoms with van der Waals surface area (Å²) < 4.78 is 0. The molecular weight excluding hydrogens is 198 g/mol. The van der Waals surface area contributed by atoms with Gasteiger partial charge in [-0.1, -0.05) is 6.92 Å². The summed E-state index contributed by atoms with van der Waals surface area (Å²) in [6, 6.07) is 1.70. The minimum Gasteiger partial charge on any atom is -0.326 e. The van der Waals surface area contributed by atoms with E-state index in [0.717, 1.165) is 12.5 Å². The summed E-state index contributed by atoms with van der Waals surface area (Å²) in [5.41, 5.74) is 6.18. The number of hydrogen-bond donors (Lipinski definition) is 1.